The van der Waals surface area contributed by atoms with Crippen molar-refractivity contribution in [2.24, 2.45) is 0 Å². The Kier molecular flexibility index (Phi) is 12.2. The van der Waals surface area contributed by atoms with E-state index >= 15 is 4.39 Å². The molecule has 332 valence electrons. The number of fused-ring (bicyclic) bond motifs is 4. The van der Waals surface area contributed by atoms with Gasteiger partial charge in [-0.05, 0) is 109 Å². The van der Waals surface area contributed by atoms with Crippen LogP contribution in [-0.2, 0) is 42.3 Å². The Bertz CT molecular complexity index is 2560. The molecule has 5 aliphatic rings. The maximum Gasteiger partial charge on any atom is 0.255 e. The van der Waals surface area contributed by atoms with Crippen molar-refractivity contribution in [3.8, 4) is 0 Å². The number of hydrogen-bond donors (Lipinski definition) is 4. The van der Waals surface area contributed by atoms with Crippen LogP contribution < -0.4 is 21.3 Å². The first kappa shape index (κ1) is 43.8. The van der Waals surface area contributed by atoms with Gasteiger partial charge < -0.3 is 20.3 Å². The Labute approximate surface area is 380 Å². The molecule has 0 aromatic heterocycles. The van der Waals surface area contributed by atoms with Crippen molar-refractivity contribution < 1.29 is 37.9 Å². The standard InChI is InChI=1S/C49H48Cl2FN5O7/c50-30-16-19-35-37(26-30)54-47(63)49(35)41(33-11-5-12-36(51)42(33)52)43(56-48(49)22-2-1-3-23-48)45(61)53-31-17-14-29(15-18-31)39(58)13-7-25-64-24-6-9-28-8-4-10-32-34(28)27-57(46(32)62)38-20-21-40(59)55-44(38)60/h4-5,8,10-12,14-19,26,38,41,43,56H,1-3,6-7,9,13,20-25,27H2,(H,53,61)(H,54,63)(H,55,59,60)/t38?,41-,43+,49+/m0/s1. The number of carbonyl (C=O) groups excluding carboxylic acids is 6. The van der Waals surface area contributed by atoms with Crippen LogP contribution in [0, 0.1) is 5.82 Å². The molecule has 4 aliphatic heterocycles. The zero-order valence-corrected chi connectivity index (χ0v) is 36.6. The molecule has 15 heteroatoms. The summed E-state index contributed by atoms with van der Waals surface area (Å²) < 4.78 is 22.1. The van der Waals surface area contributed by atoms with Crippen LogP contribution in [0.15, 0.2) is 78.9 Å². The van der Waals surface area contributed by atoms with E-state index in [2.05, 4.69) is 21.3 Å². The van der Waals surface area contributed by atoms with E-state index in [1.165, 1.54) is 6.07 Å². The van der Waals surface area contributed by atoms with Gasteiger partial charge in [0.2, 0.25) is 23.6 Å². The molecule has 2 saturated heterocycles. The second-order valence-corrected chi connectivity index (χ2v) is 18.3. The van der Waals surface area contributed by atoms with Crippen molar-refractivity contribution in [1.82, 2.24) is 15.5 Å². The number of rotatable bonds is 13. The van der Waals surface area contributed by atoms with E-state index in [4.69, 9.17) is 27.9 Å². The number of ether oxygens (including phenoxy) is 1. The second-order valence-electron chi connectivity index (χ2n) is 17.5. The number of ketones is 1. The molecule has 4 atom stereocenters. The Hall–Kier alpha value is -5.47. The van der Waals surface area contributed by atoms with Crippen LogP contribution >= 0.6 is 23.2 Å². The van der Waals surface area contributed by atoms with Crippen LogP contribution in [0.1, 0.15) is 113 Å². The third kappa shape index (κ3) is 7.69. The maximum atomic E-state index is 16.2. The number of piperidine rings is 1. The van der Waals surface area contributed by atoms with Gasteiger partial charge in [0.05, 0.1) is 11.1 Å². The fourth-order valence-corrected chi connectivity index (χ4v) is 11.4. The number of amides is 5. The van der Waals surface area contributed by atoms with Crippen LogP contribution in [0.2, 0.25) is 10.0 Å². The van der Waals surface area contributed by atoms with E-state index in [1.54, 1.807) is 59.5 Å². The van der Waals surface area contributed by atoms with Crippen LogP contribution in [0.25, 0.3) is 0 Å². The summed E-state index contributed by atoms with van der Waals surface area (Å²) in [4.78, 5) is 81.1. The number of nitrogens with zero attached hydrogens (tertiary/aromatic N) is 1. The number of anilines is 2. The van der Waals surface area contributed by atoms with E-state index in [9.17, 15) is 28.8 Å². The first-order valence-corrected chi connectivity index (χ1v) is 22.8. The second kappa shape index (κ2) is 17.8. The summed E-state index contributed by atoms with van der Waals surface area (Å²) in [5.41, 5.74) is 2.57. The van der Waals surface area contributed by atoms with Gasteiger partial charge in [0.1, 0.15) is 17.3 Å². The first-order valence-electron chi connectivity index (χ1n) is 22.0. The molecule has 1 saturated carbocycles. The summed E-state index contributed by atoms with van der Waals surface area (Å²) in [7, 11) is 0. The van der Waals surface area contributed by atoms with Crippen molar-refractivity contribution in [3.63, 3.8) is 0 Å². The van der Waals surface area contributed by atoms with Gasteiger partial charge in [-0.3, -0.25) is 39.4 Å². The SMILES string of the molecule is O=C1CCC(N2Cc3c(CCCOCCCC(=O)c4ccc(NC(=O)[C@@H]5NC6(CCCCC6)[C@@]6(C(=O)Nc7cc(Cl)ccc76)[C@H]5c5cccc(Cl)c5F)cc4)cccc3C2=O)C(=O)N1. The summed E-state index contributed by atoms with van der Waals surface area (Å²) in [5.74, 6) is -3.45. The van der Waals surface area contributed by atoms with Gasteiger partial charge in [0.15, 0.2) is 5.78 Å². The van der Waals surface area contributed by atoms with Crippen LogP contribution in [0.5, 0.6) is 0 Å². The number of hydrogen-bond acceptors (Lipinski definition) is 8. The molecule has 1 unspecified atom stereocenters. The van der Waals surface area contributed by atoms with Gasteiger partial charge in [-0.15, -0.1) is 0 Å². The van der Waals surface area contributed by atoms with Crippen LogP contribution in [0.3, 0.4) is 0 Å². The summed E-state index contributed by atoms with van der Waals surface area (Å²) >= 11 is 12.8. The highest BCUT2D eigenvalue weighted by Gasteiger charge is 2.72. The van der Waals surface area contributed by atoms with Crippen molar-refractivity contribution in [2.45, 2.75) is 106 Å². The monoisotopic (exact) mass is 907 g/mol. The lowest BCUT2D eigenvalue weighted by Crippen LogP contribution is -2.60. The number of nitrogens with one attached hydrogen (secondary N) is 4. The Balaban J connectivity index is 0.813. The van der Waals surface area contributed by atoms with E-state index in [-0.39, 0.29) is 46.9 Å². The molecule has 4 heterocycles. The smallest absolute Gasteiger partial charge is 0.255 e. The van der Waals surface area contributed by atoms with Gasteiger partial charge in [-0.25, -0.2) is 4.39 Å². The zero-order valence-electron chi connectivity index (χ0n) is 35.1. The summed E-state index contributed by atoms with van der Waals surface area (Å²) in [6.07, 6.45) is 6.47. The summed E-state index contributed by atoms with van der Waals surface area (Å²) in [6, 6.07) is 20.5. The predicted molar refractivity (Wildman–Crippen MR) is 239 cm³/mol. The lowest BCUT2D eigenvalue weighted by molar-refractivity contribution is -0.137. The van der Waals surface area contributed by atoms with Crippen molar-refractivity contribution in [1.29, 1.82) is 0 Å². The molecule has 0 bridgehead atoms. The fourth-order valence-electron chi connectivity index (χ4n) is 11.0. The fraction of sp³-hybridized carbons (Fsp3) is 0.388. The largest absolute Gasteiger partial charge is 0.381 e. The van der Waals surface area contributed by atoms with Crippen molar-refractivity contribution in [3.05, 3.63) is 128 Å². The molecule has 5 amide bonds. The van der Waals surface area contributed by atoms with Gasteiger partial charge in [-0.1, -0.05) is 72.8 Å². The van der Waals surface area contributed by atoms with Crippen LogP contribution in [0.4, 0.5) is 15.8 Å². The van der Waals surface area contributed by atoms with Crippen molar-refractivity contribution in [2.75, 3.05) is 23.8 Å². The lowest BCUT2D eigenvalue weighted by atomic mass is 9.55. The van der Waals surface area contributed by atoms with E-state index < -0.39 is 46.6 Å². The third-order valence-corrected chi connectivity index (χ3v) is 14.4. The summed E-state index contributed by atoms with van der Waals surface area (Å²) in [6.45, 7) is 1.17. The number of halogens is 3. The zero-order chi connectivity index (χ0) is 44.8. The molecule has 12 nitrogen and oxygen atoms in total. The minimum absolute atomic E-state index is 0.0762. The minimum atomic E-state index is -1.35. The molecule has 4 aromatic carbocycles. The number of Topliss-reactive ketones (excluding diaryl/α,β-unsaturated/α-hetero) is 1. The van der Waals surface area contributed by atoms with E-state index in [0.717, 1.165) is 30.4 Å². The van der Waals surface area contributed by atoms with Gasteiger partial charge in [-0.2, -0.15) is 0 Å². The summed E-state index contributed by atoms with van der Waals surface area (Å²) in [5, 5.41) is 12.3. The molecule has 2 spiro atoms. The van der Waals surface area contributed by atoms with Crippen molar-refractivity contribution >= 4 is 69.9 Å². The first-order chi connectivity index (χ1) is 30.9. The van der Waals surface area contributed by atoms with Crippen LogP contribution in [-0.4, -0.2) is 71.1 Å². The van der Waals surface area contributed by atoms with Gasteiger partial charge in [0, 0.05) is 71.6 Å². The molecular formula is C49H48Cl2FN5O7. The minimum Gasteiger partial charge on any atom is -0.381 e. The van der Waals surface area contributed by atoms with E-state index in [1.807, 2.05) is 18.2 Å². The topological polar surface area (TPSA) is 163 Å². The number of benzene rings is 4. The number of carbonyl (C=O) groups is 6. The highest BCUT2D eigenvalue weighted by Crippen LogP contribution is 2.63. The number of imide groups is 1. The highest BCUT2D eigenvalue weighted by atomic mass is 35.5. The van der Waals surface area contributed by atoms with E-state index in [0.29, 0.717) is 91.4 Å². The van der Waals surface area contributed by atoms with Gasteiger partial charge >= 0.3 is 0 Å². The Morgan fingerprint density at radius 3 is 2.44 bits per heavy atom. The highest BCUT2D eigenvalue weighted by molar-refractivity contribution is 6.31. The average molecular weight is 909 g/mol. The normalized spacial score (nSPS) is 23.3. The molecule has 4 N–H and O–H groups in total. The molecule has 4 aromatic rings. The molecule has 64 heavy (non-hydrogen) atoms. The lowest BCUT2D eigenvalue weighted by Gasteiger charge is -2.47. The molecule has 0 radical (unpaired) electrons. The third-order valence-electron chi connectivity index (χ3n) is 13.9. The molecular weight excluding hydrogens is 860 g/mol. The molecule has 9 rings (SSSR count). The Morgan fingerprint density at radius 2 is 1.66 bits per heavy atom. The average Bonchev–Trinajstić information content (AvgIpc) is 3.88. The molecule has 1 aliphatic carbocycles. The number of aryl methyl sites for hydroxylation is 1. The Morgan fingerprint density at radius 1 is 0.891 bits per heavy atom. The predicted octanol–water partition coefficient (Wildman–Crippen LogP) is 7.79. The van der Waals surface area contributed by atoms with Gasteiger partial charge in [0.25, 0.3) is 5.91 Å². The molecule has 3 fully saturated rings. The quantitative estimate of drug-likeness (QED) is 0.0601. The maximum absolute atomic E-state index is 16.2.